The lowest BCUT2D eigenvalue weighted by Crippen LogP contribution is -2.15. The van der Waals surface area contributed by atoms with Crippen LogP contribution in [0.15, 0.2) is 0 Å². The van der Waals surface area contributed by atoms with E-state index >= 15 is 0 Å². The molecule has 0 aliphatic carbocycles. The minimum absolute atomic E-state index is 0.0628. The Bertz CT molecular complexity index is 56.6. The quantitative estimate of drug-likeness (QED) is 0.442. The molecule has 0 aliphatic heterocycles. The van der Waals surface area contributed by atoms with Gasteiger partial charge < -0.3 is 0 Å². The minimum Gasteiger partial charge on any atom is -0.121 e. The van der Waals surface area contributed by atoms with Gasteiger partial charge in [0.15, 0.2) is 0 Å². The van der Waals surface area contributed by atoms with E-state index in [1.165, 1.54) is 0 Å². The molecule has 0 fully saturated rings. The van der Waals surface area contributed by atoms with Crippen LogP contribution in [0.5, 0.6) is 0 Å². The largest absolute Gasteiger partial charge is 0.121 e. The highest BCUT2D eigenvalue weighted by molar-refractivity contribution is 7.20. The van der Waals surface area contributed by atoms with Gasteiger partial charge in [-0.2, -0.15) is 0 Å². The molecule has 0 aromatic heterocycles. The molecule has 0 saturated carbocycles. The van der Waals surface area contributed by atoms with Gasteiger partial charge in [-0.25, -0.2) is 0 Å². The van der Waals surface area contributed by atoms with Crippen LogP contribution in [-0.2, 0) is 0 Å². The Kier molecular flexibility index (Phi) is 2.60. The third kappa shape index (κ3) is 2.54. The van der Waals surface area contributed by atoms with Gasteiger partial charge >= 0.3 is 0 Å². The van der Waals surface area contributed by atoms with E-state index in [0.29, 0.717) is 0 Å². The standard InChI is InChI=1S/C4H12Si2/c1-5(2)6(3)4/h6H,1H2,2-4H3. The minimum atomic E-state index is -0.253. The molecule has 0 amide bonds. The third-order valence-corrected chi connectivity index (χ3v) is 8.87. The Morgan fingerprint density at radius 3 is 1.67 bits per heavy atom. The van der Waals surface area contributed by atoms with Crippen LogP contribution in [0, 0.1) is 0 Å². The second-order valence-electron chi connectivity index (χ2n) is 2.00. The zero-order valence-electron chi connectivity index (χ0n) is 4.78. The van der Waals surface area contributed by atoms with E-state index in [1.54, 1.807) is 0 Å². The van der Waals surface area contributed by atoms with Crippen LogP contribution >= 0.6 is 0 Å². The van der Waals surface area contributed by atoms with Gasteiger partial charge in [0.1, 0.15) is 0 Å². The van der Waals surface area contributed by atoms with Crippen LogP contribution in [0.2, 0.25) is 19.6 Å². The molecule has 0 bridgehead atoms. The van der Waals surface area contributed by atoms with Crippen molar-refractivity contribution in [3.8, 4) is 0 Å². The summed E-state index contributed by atoms with van der Waals surface area (Å²) in [6.07, 6.45) is 4.00. The van der Waals surface area contributed by atoms with Gasteiger partial charge in [0, 0.05) is 8.31 Å². The Morgan fingerprint density at radius 1 is 1.50 bits per heavy atom. The van der Waals surface area contributed by atoms with Crippen molar-refractivity contribution in [1.29, 1.82) is 0 Å². The average molecular weight is 116 g/mol. The maximum atomic E-state index is 4.00. The molecule has 0 unspecified atom stereocenters. The highest BCUT2D eigenvalue weighted by Crippen LogP contribution is 1.75. The number of hydrogen-bond donors (Lipinski definition) is 0. The molecular formula is C4H12Si2. The van der Waals surface area contributed by atoms with Crippen molar-refractivity contribution in [1.82, 2.24) is 0 Å². The van der Waals surface area contributed by atoms with E-state index in [-0.39, 0.29) is 16.2 Å². The molecule has 0 rings (SSSR count). The van der Waals surface area contributed by atoms with Crippen LogP contribution in [0.4, 0.5) is 0 Å². The van der Waals surface area contributed by atoms with Crippen molar-refractivity contribution in [2.24, 2.45) is 0 Å². The zero-order valence-corrected chi connectivity index (χ0v) is 6.94. The summed E-state index contributed by atoms with van der Waals surface area (Å²) < 4.78 is 0. The van der Waals surface area contributed by atoms with Crippen LogP contribution in [0.25, 0.3) is 0 Å². The summed E-state index contributed by atoms with van der Waals surface area (Å²) in [7, 11) is -0.316. The van der Waals surface area contributed by atoms with Crippen LogP contribution in [0.1, 0.15) is 0 Å². The van der Waals surface area contributed by atoms with Crippen LogP contribution < -0.4 is 0 Å². The van der Waals surface area contributed by atoms with E-state index in [4.69, 9.17) is 0 Å². The van der Waals surface area contributed by atoms with Gasteiger partial charge in [0.05, 0.1) is 0 Å². The Labute approximate surface area is 42.8 Å². The Hall–Kier alpha value is 0.304. The molecule has 0 spiro atoms. The van der Waals surface area contributed by atoms with Gasteiger partial charge in [-0.1, -0.05) is 19.6 Å². The molecule has 0 atom stereocenters. The van der Waals surface area contributed by atoms with Crippen molar-refractivity contribution >= 4 is 22.4 Å². The van der Waals surface area contributed by atoms with E-state index in [0.717, 1.165) is 0 Å². The molecule has 36 valence electrons. The first kappa shape index (κ1) is 6.30. The van der Waals surface area contributed by atoms with Gasteiger partial charge in [0.25, 0.3) is 0 Å². The molecule has 0 aromatic rings. The van der Waals surface area contributed by atoms with Crippen LogP contribution in [-0.4, -0.2) is 22.4 Å². The number of rotatable bonds is 1. The summed E-state index contributed by atoms with van der Waals surface area (Å²) in [6.45, 7) is 7.02. The highest BCUT2D eigenvalue weighted by atomic mass is 29.2. The maximum absolute atomic E-state index is 4.00. The summed E-state index contributed by atoms with van der Waals surface area (Å²) in [4.78, 5) is 0. The molecule has 0 heterocycles. The molecule has 0 nitrogen and oxygen atoms in total. The lowest BCUT2D eigenvalue weighted by molar-refractivity contribution is 2.06. The lowest BCUT2D eigenvalue weighted by Gasteiger charge is -1.93. The molecular weight excluding hydrogens is 104 g/mol. The smallest absolute Gasteiger partial charge is 0.0411 e. The second kappa shape index (κ2) is 2.47. The molecule has 0 aromatic carbocycles. The fraction of sp³-hybridized carbons (Fsp3) is 0.750. The molecule has 0 N–H and O–H groups in total. The van der Waals surface area contributed by atoms with Crippen LogP contribution in [0.3, 0.4) is 0 Å². The summed E-state index contributed by atoms with van der Waals surface area (Å²) in [5.41, 5.74) is 0. The van der Waals surface area contributed by atoms with Gasteiger partial charge in [-0.3, -0.25) is 0 Å². The summed E-state index contributed by atoms with van der Waals surface area (Å²) >= 11 is 0. The van der Waals surface area contributed by atoms with Gasteiger partial charge in [-0.05, 0) is 7.93 Å². The highest BCUT2D eigenvalue weighted by Gasteiger charge is 1.91. The van der Waals surface area contributed by atoms with Crippen molar-refractivity contribution < 1.29 is 0 Å². The molecule has 6 heavy (non-hydrogen) atoms. The van der Waals surface area contributed by atoms with E-state index in [1.807, 2.05) is 0 Å². The summed E-state index contributed by atoms with van der Waals surface area (Å²) in [5.74, 6) is 0. The molecule has 0 aliphatic rings. The van der Waals surface area contributed by atoms with E-state index < -0.39 is 0 Å². The lowest BCUT2D eigenvalue weighted by atomic mass is 11.9. The van der Waals surface area contributed by atoms with Gasteiger partial charge in [-0.15, -0.1) is 6.17 Å². The van der Waals surface area contributed by atoms with Crippen molar-refractivity contribution in [2.75, 3.05) is 0 Å². The second-order valence-corrected chi connectivity index (χ2v) is 12.4. The van der Waals surface area contributed by atoms with E-state index in [2.05, 4.69) is 25.8 Å². The van der Waals surface area contributed by atoms with Crippen molar-refractivity contribution in [3.63, 3.8) is 0 Å². The summed E-state index contributed by atoms with van der Waals surface area (Å²) in [6, 6.07) is 0. The predicted molar refractivity (Wildman–Crippen MR) is 37.6 cm³/mol. The first-order valence-corrected chi connectivity index (χ1v) is 8.62. The monoisotopic (exact) mass is 116 g/mol. The predicted octanol–water partition coefficient (Wildman–Crippen LogP) is 0.690. The SMILES string of the molecule is C=[Si](C)[SiH](C)C. The number of hydrogen-bond acceptors (Lipinski definition) is 0. The maximum Gasteiger partial charge on any atom is 0.0411 e. The zero-order chi connectivity index (χ0) is 5.15. The van der Waals surface area contributed by atoms with Crippen molar-refractivity contribution in [3.05, 3.63) is 0 Å². The third-order valence-electron chi connectivity index (χ3n) is 0.986. The Morgan fingerprint density at radius 2 is 1.67 bits per heavy atom. The average Bonchev–Trinajstić information content (AvgIpc) is 1.36. The Balaban J connectivity index is 3.26. The summed E-state index contributed by atoms with van der Waals surface area (Å²) in [5, 5.41) is 0. The topological polar surface area (TPSA) is 0 Å². The van der Waals surface area contributed by atoms with Crippen molar-refractivity contribution in [2.45, 2.75) is 19.6 Å². The van der Waals surface area contributed by atoms with E-state index in [9.17, 15) is 0 Å². The van der Waals surface area contributed by atoms with Gasteiger partial charge in [0.2, 0.25) is 0 Å². The fourth-order valence-electron chi connectivity index (χ4n) is 0. The molecule has 0 radical (unpaired) electrons. The molecule has 0 saturated heterocycles. The normalized spacial score (nSPS) is 9.33. The first-order valence-electron chi connectivity index (χ1n) is 2.30. The fourth-order valence-corrected chi connectivity index (χ4v) is 0. The molecule has 2 heteroatoms. The first-order chi connectivity index (χ1) is 2.64.